The molecule has 20 heavy (non-hydrogen) atoms. The smallest absolute Gasteiger partial charge is 0.355 e. The van der Waals surface area contributed by atoms with Gasteiger partial charge in [0.1, 0.15) is 5.69 Å². The Kier molecular flexibility index (Phi) is 4.87. The highest BCUT2D eigenvalue weighted by Gasteiger charge is 2.21. The van der Waals surface area contributed by atoms with Crippen molar-refractivity contribution >= 4 is 17.9 Å². The van der Waals surface area contributed by atoms with Gasteiger partial charge in [0.25, 0.3) is 5.91 Å². The summed E-state index contributed by atoms with van der Waals surface area (Å²) in [5, 5.41) is 11.4. The van der Waals surface area contributed by atoms with Crippen molar-refractivity contribution in [3.63, 3.8) is 0 Å². The third-order valence-corrected chi connectivity index (χ3v) is 2.71. The number of ether oxygens (including phenoxy) is 1. The second kappa shape index (κ2) is 6.20. The molecule has 1 atom stereocenters. The van der Waals surface area contributed by atoms with E-state index in [1.54, 1.807) is 26.1 Å². The number of hydrogen-bond donors (Lipinski definition) is 4. The van der Waals surface area contributed by atoms with Crippen LogP contribution in [0.5, 0.6) is 0 Å². The molecule has 0 bridgehead atoms. The molecule has 1 aromatic heterocycles. The molecule has 0 spiro atoms. The van der Waals surface area contributed by atoms with Gasteiger partial charge in [-0.3, -0.25) is 10.1 Å². The van der Waals surface area contributed by atoms with Crippen molar-refractivity contribution in [3.8, 4) is 0 Å². The molecule has 1 heterocycles. The average molecular weight is 283 g/mol. The molecular weight excluding hydrogens is 266 g/mol. The highest BCUT2D eigenvalue weighted by molar-refractivity contribution is 5.96. The summed E-state index contributed by atoms with van der Waals surface area (Å²) in [6.45, 7) is 4.33. The number of carbonyl (C=O) groups is 3. The summed E-state index contributed by atoms with van der Waals surface area (Å²) in [5.74, 6) is -1.57. The quantitative estimate of drug-likeness (QED) is 0.578. The molecule has 3 amide bonds. The van der Waals surface area contributed by atoms with Crippen molar-refractivity contribution in [3.05, 3.63) is 22.5 Å². The van der Waals surface area contributed by atoms with E-state index in [4.69, 9.17) is 10.5 Å². The number of aryl methyl sites for hydroxylation is 1. The van der Waals surface area contributed by atoms with E-state index in [1.165, 1.54) is 0 Å². The van der Waals surface area contributed by atoms with Gasteiger partial charge in [0.2, 0.25) is 0 Å². The van der Waals surface area contributed by atoms with E-state index < -0.39 is 30.6 Å². The van der Waals surface area contributed by atoms with Gasteiger partial charge in [0, 0.05) is 11.3 Å². The number of esters is 1. The first-order valence-electron chi connectivity index (χ1n) is 5.87. The normalized spacial score (nSPS) is 11.8. The molecule has 0 aliphatic carbocycles. The Balaban J connectivity index is 2.76. The summed E-state index contributed by atoms with van der Waals surface area (Å²) in [5.41, 5.74) is 6.71. The van der Waals surface area contributed by atoms with Crippen molar-refractivity contribution in [1.29, 1.82) is 0 Å². The lowest BCUT2D eigenvalue weighted by Crippen LogP contribution is -2.37. The second-order valence-electron chi connectivity index (χ2n) is 4.33. The monoisotopic (exact) mass is 283 g/mol. The maximum atomic E-state index is 11.8. The number of nitrogens with two attached hydrogens (primary N) is 1. The van der Waals surface area contributed by atoms with Gasteiger partial charge in [-0.05, 0) is 26.3 Å². The van der Waals surface area contributed by atoms with Gasteiger partial charge in [-0.2, -0.15) is 0 Å². The number of hydrogen-bond acceptors (Lipinski definition) is 5. The van der Waals surface area contributed by atoms with Crippen LogP contribution < -0.4 is 11.1 Å². The lowest BCUT2D eigenvalue weighted by Gasteiger charge is -2.06. The molecule has 0 aliphatic heterocycles. The lowest BCUT2D eigenvalue weighted by atomic mass is 10.1. The summed E-state index contributed by atoms with van der Waals surface area (Å²) in [4.78, 5) is 36.1. The number of rotatable bonds is 4. The van der Waals surface area contributed by atoms with Crippen LogP contribution in [0.4, 0.5) is 4.79 Å². The summed E-state index contributed by atoms with van der Waals surface area (Å²) >= 11 is 0. The maximum absolute atomic E-state index is 11.8. The molecule has 8 nitrogen and oxygen atoms in total. The third-order valence-electron chi connectivity index (χ3n) is 2.71. The summed E-state index contributed by atoms with van der Waals surface area (Å²) in [7, 11) is 0. The predicted octanol–water partition coefficient (Wildman–Crippen LogP) is 0.0365. The second-order valence-corrected chi connectivity index (χ2v) is 4.33. The van der Waals surface area contributed by atoms with Crippen LogP contribution in [0.15, 0.2) is 0 Å². The zero-order chi connectivity index (χ0) is 15.4. The van der Waals surface area contributed by atoms with Gasteiger partial charge < -0.3 is 20.6 Å². The Hall–Kier alpha value is -2.35. The van der Waals surface area contributed by atoms with E-state index in [9.17, 15) is 19.5 Å². The van der Waals surface area contributed by atoms with Gasteiger partial charge in [-0.15, -0.1) is 0 Å². The van der Waals surface area contributed by atoms with Crippen LogP contribution >= 0.6 is 0 Å². The van der Waals surface area contributed by atoms with E-state index >= 15 is 0 Å². The number of aliphatic hydroxyl groups excluding tert-OH is 1. The lowest BCUT2D eigenvalue weighted by molar-refractivity contribution is -0.123. The first-order valence-corrected chi connectivity index (χ1v) is 5.87. The largest absolute Gasteiger partial charge is 0.451 e. The number of H-pyrrole nitrogens is 1. The van der Waals surface area contributed by atoms with E-state index in [-0.39, 0.29) is 5.69 Å². The van der Waals surface area contributed by atoms with E-state index in [0.29, 0.717) is 16.8 Å². The zero-order valence-corrected chi connectivity index (χ0v) is 11.4. The summed E-state index contributed by atoms with van der Waals surface area (Å²) < 4.78 is 4.75. The minimum atomic E-state index is -1.02. The van der Waals surface area contributed by atoms with Gasteiger partial charge in [-0.25, -0.2) is 9.59 Å². The number of urea groups is 1. The minimum Gasteiger partial charge on any atom is -0.451 e. The Bertz CT molecular complexity index is 548. The van der Waals surface area contributed by atoms with Crippen LogP contribution in [0.2, 0.25) is 0 Å². The van der Waals surface area contributed by atoms with Crippen molar-refractivity contribution in [1.82, 2.24) is 10.3 Å². The Labute approximate surface area is 115 Å². The van der Waals surface area contributed by atoms with Crippen molar-refractivity contribution < 1.29 is 24.2 Å². The minimum absolute atomic E-state index is 0.158. The van der Waals surface area contributed by atoms with Crippen molar-refractivity contribution in [2.75, 3.05) is 6.61 Å². The highest BCUT2D eigenvalue weighted by atomic mass is 16.5. The first kappa shape index (κ1) is 15.7. The van der Waals surface area contributed by atoms with Crippen LogP contribution in [0.25, 0.3) is 0 Å². The number of primary amides is 1. The summed E-state index contributed by atoms with van der Waals surface area (Å²) in [6, 6.07) is -1.02. The van der Waals surface area contributed by atoms with Gasteiger partial charge in [0.15, 0.2) is 6.61 Å². The zero-order valence-electron chi connectivity index (χ0n) is 11.4. The fourth-order valence-corrected chi connectivity index (χ4v) is 1.97. The van der Waals surface area contributed by atoms with E-state index in [0.717, 1.165) is 0 Å². The van der Waals surface area contributed by atoms with E-state index in [2.05, 4.69) is 4.98 Å². The van der Waals surface area contributed by atoms with Crippen LogP contribution in [0.3, 0.4) is 0 Å². The summed E-state index contributed by atoms with van der Waals surface area (Å²) in [6.07, 6.45) is -0.731. The molecule has 8 heteroatoms. The topological polar surface area (TPSA) is 135 Å². The molecule has 0 saturated heterocycles. The number of amides is 3. The average Bonchev–Trinajstić information content (AvgIpc) is 2.60. The third kappa shape index (κ3) is 3.58. The van der Waals surface area contributed by atoms with Gasteiger partial charge in [0.05, 0.1) is 6.10 Å². The highest BCUT2D eigenvalue weighted by Crippen LogP contribution is 2.24. The van der Waals surface area contributed by atoms with Crippen LogP contribution in [0.1, 0.15) is 40.3 Å². The fraction of sp³-hybridized carbons (Fsp3) is 0.417. The number of aromatic amines is 1. The van der Waals surface area contributed by atoms with Gasteiger partial charge >= 0.3 is 12.0 Å². The molecule has 1 unspecified atom stereocenters. The number of aromatic nitrogens is 1. The van der Waals surface area contributed by atoms with Gasteiger partial charge in [-0.1, -0.05) is 0 Å². The van der Waals surface area contributed by atoms with Crippen molar-refractivity contribution in [2.45, 2.75) is 26.9 Å². The standard InChI is InChI=1S/C12H17N3O5/c1-5-9(7(3)16)6(2)14-10(5)11(18)20-4-8(17)15-12(13)19/h7,14,16H,4H2,1-3H3,(H3,13,15,17,19). The van der Waals surface area contributed by atoms with Crippen molar-refractivity contribution in [2.24, 2.45) is 5.73 Å². The molecule has 0 fully saturated rings. The number of nitrogens with one attached hydrogen (secondary N) is 2. The molecule has 1 aromatic rings. The molecule has 110 valence electrons. The fourth-order valence-electron chi connectivity index (χ4n) is 1.97. The Morgan fingerprint density at radius 3 is 2.45 bits per heavy atom. The molecule has 0 aliphatic rings. The Morgan fingerprint density at radius 1 is 1.40 bits per heavy atom. The van der Waals surface area contributed by atoms with Crippen LogP contribution in [-0.2, 0) is 9.53 Å². The van der Waals surface area contributed by atoms with E-state index in [1.807, 2.05) is 0 Å². The van der Waals surface area contributed by atoms with Crippen LogP contribution in [-0.4, -0.2) is 34.6 Å². The molecule has 5 N–H and O–H groups in total. The SMILES string of the molecule is Cc1[nH]c(C(=O)OCC(=O)NC(N)=O)c(C)c1C(C)O. The van der Waals surface area contributed by atoms with Crippen LogP contribution in [0, 0.1) is 13.8 Å². The number of aliphatic hydroxyl groups is 1. The molecule has 0 saturated carbocycles. The first-order chi connectivity index (χ1) is 9.23. The molecular formula is C12H17N3O5. The number of imide groups is 1. The predicted molar refractivity (Wildman–Crippen MR) is 68.9 cm³/mol. The number of carbonyl (C=O) groups excluding carboxylic acids is 3. The molecule has 0 radical (unpaired) electrons. The molecule has 0 aromatic carbocycles. The Morgan fingerprint density at radius 2 is 2.00 bits per heavy atom. The maximum Gasteiger partial charge on any atom is 0.355 e. The molecule has 1 rings (SSSR count).